The fraction of sp³-hybridized carbons (Fsp3) is 0. The van der Waals surface area contributed by atoms with Crippen molar-refractivity contribution in [3.05, 3.63) is 24.3 Å². The zero-order chi connectivity index (χ0) is 5.98. The first-order valence-corrected chi connectivity index (χ1v) is 2.82. The molecule has 30 valence electrons. The third-order valence-corrected chi connectivity index (χ3v) is 1.22. The third-order valence-electron chi connectivity index (χ3n) is 1.22. The van der Waals surface area contributed by atoms with E-state index in [1.165, 1.54) is 8.47 Å². The van der Waals surface area contributed by atoms with Crippen molar-refractivity contribution in [3.63, 3.8) is 0 Å². The van der Waals surface area contributed by atoms with Crippen LogP contribution in [0.2, 0.25) is 0 Å². The Balaban J connectivity index is 3.03. The van der Waals surface area contributed by atoms with Gasteiger partial charge in [0.15, 0.2) is 0 Å². The minimum atomic E-state index is 1.33. The standard InChI is InChI=1S/C6H4.2Li/c1-2-4-6-5-3-1;;/h1-2,5-6H;;. The van der Waals surface area contributed by atoms with Crippen molar-refractivity contribution in [2.45, 2.75) is 0 Å². The molecule has 0 aliphatic heterocycles. The van der Waals surface area contributed by atoms with Gasteiger partial charge < -0.3 is 0 Å². The first-order chi connectivity index (χ1) is 3.79. The maximum absolute atomic E-state index is 2.12. The van der Waals surface area contributed by atoms with Crippen LogP contribution in [-0.4, -0.2) is 35.4 Å². The molecule has 0 unspecified atom stereocenters. The quantitative estimate of drug-likeness (QED) is 0.368. The number of rotatable bonds is 0. The number of benzene rings is 1. The summed E-state index contributed by atoms with van der Waals surface area (Å²) in [5.74, 6) is 0. The molecule has 0 heterocycles. The Morgan fingerprint density at radius 3 is 1.25 bits per heavy atom. The minimum absolute atomic E-state index is 1.33. The van der Waals surface area contributed by atoms with Crippen LogP contribution in [0.1, 0.15) is 0 Å². The van der Waals surface area contributed by atoms with Crippen LogP contribution >= 0.6 is 0 Å². The third kappa shape index (κ3) is 1.73. The van der Waals surface area contributed by atoms with E-state index < -0.39 is 0 Å². The van der Waals surface area contributed by atoms with E-state index in [0.717, 1.165) is 0 Å². The van der Waals surface area contributed by atoms with Gasteiger partial charge in [-0.15, -0.1) is 0 Å². The average Bonchev–Trinajstić information content (AvgIpc) is 1.77. The molecule has 0 fully saturated rings. The Labute approximate surface area is 68.1 Å². The summed E-state index contributed by atoms with van der Waals surface area (Å²) in [7, 11) is 0. The molecule has 2 heteroatoms. The molecule has 0 radical (unpaired) electrons. The van der Waals surface area contributed by atoms with E-state index in [2.05, 4.69) is 59.7 Å². The summed E-state index contributed by atoms with van der Waals surface area (Å²) in [6.07, 6.45) is 0. The van der Waals surface area contributed by atoms with Gasteiger partial charge in [-0.05, 0) is 0 Å². The van der Waals surface area contributed by atoms with Gasteiger partial charge in [0.1, 0.15) is 0 Å². The van der Waals surface area contributed by atoms with Crippen LogP contribution in [0.25, 0.3) is 0 Å². The summed E-state index contributed by atoms with van der Waals surface area (Å²) in [5.41, 5.74) is 0. The second-order valence-corrected chi connectivity index (χ2v) is 2.15. The Kier molecular flexibility index (Phi) is 2.30. The van der Waals surface area contributed by atoms with E-state index in [9.17, 15) is 0 Å². The van der Waals surface area contributed by atoms with Gasteiger partial charge in [-0.2, -0.15) is 0 Å². The zero-order valence-electron chi connectivity index (χ0n) is 5.31. The summed E-state index contributed by atoms with van der Waals surface area (Å²) in [4.78, 5) is 0. The Hall–Kier alpha value is 0.415. The van der Waals surface area contributed by atoms with Crippen LogP contribution in [0, 0.1) is 0 Å². The fourth-order valence-electron chi connectivity index (χ4n) is 0.637. The molecule has 8 heavy (non-hydrogen) atoms. The molecule has 0 amide bonds. The molecule has 0 atom stereocenters. The molecule has 0 bridgehead atoms. The average molecular weight is 90.0 g/mol. The normalized spacial score (nSPS) is 9.50. The summed E-state index contributed by atoms with van der Waals surface area (Å²) < 4.78 is 2.66. The molecule has 0 N–H and O–H groups in total. The molecule has 0 saturated heterocycles. The Morgan fingerprint density at radius 2 is 1.00 bits per heavy atom. The van der Waals surface area contributed by atoms with Gasteiger partial charge in [0.25, 0.3) is 0 Å². The van der Waals surface area contributed by atoms with Crippen LogP contribution in [0.3, 0.4) is 0 Å². The first-order valence-electron chi connectivity index (χ1n) is 2.82. The van der Waals surface area contributed by atoms with Gasteiger partial charge in [0.05, 0.1) is 0 Å². The summed E-state index contributed by atoms with van der Waals surface area (Å²) in [5, 5.41) is 0. The van der Waals surface area contributed by atoms with Crippen molar-refractivity contribution in [3.8, 4) is 0 Å². The van der Waals surface area contributed by atoms with Crippen molar-refractivity contribution in [1.82, 2.24) is 0 Å². The molecule has 1 aromatic carbocycles. The second-order valence-electron chi connectivity index (χ2n) is 2.15. The molecule has 0 spiro atoms. The van der Waals surface area contributed by atoms with Crippen molar-refractivity contribution >= 4 is 43.9 Å². The van der Waals surface area contributed by atoms with E-state index in [1.54, 1.807) is 0 Å². The fourth-order valence-corrected chi connectivity index (χ4v) is 0.637. The van der Waals surface area contributed by atoms with Gasteiger partial charge in [0.2, 0.25) is 0 Å². The van der Waals surface area contributed by atoms with E-state index in [1.807, 2.05) is 0 Å². The summed E-state index contributed by atoms with van der Waals surface area (Å²) >= 11 is 4.19. The maximum atomic E-state index is 2.12. The Morgan fingerprint density at radius 1 is 0.750 bits per heavy atom. The predicted molar refractivity (Wildman–Crippen MR) is 37.2 cm³/mol. The van der Waals surface area contributed by atoms with Crippen molar-refractivity contribution in [1.29, 1.82) is 0 Å². The van der Waals surface area contributed by atoms with Crippen LogP contribution in [0.5, 0.6) is 0 Å². The molecule has 0 nitrogen and oxygen atoms in total. The molecule has 0 aromatic heterocycles. The summed E-state index contributed by atoms with van der Waals surface area (Å²) in [6, 6.07) is 8.48. The SMILES string of the molecule is [Li][c]1cc[c]([Li])cc1. The van der Waals surface area contributed by atoms with Crippen molar-refractivity contribution in [2.24, 2.45) is 0 Å². The van der Waals surface area contributed by atoms with Crippen LogP contribution in [0.4, 0.5) is 0 Å². The molecule has 1 rings (SSSR count). The zero-order valence-corrected chi connectivity index (χ0v) is 5.31. The van der Waals surface area contributed by atoms with Gasteiger partial charge in [-0.1, -0.05) is 0 Å². The number of hydrogen-bond donors (Lipinski definition) is 0. The van der Waals surface area contributed by atoms with Gasteiger partial charge in [-0.25, -0.2) is 0 Å². The molecule has 0 saturated carbocycles. The first kappa shape index (κ1) is 6.53. The number of hydrogen-bond acceptors (Lipinski definition) is 0. The van der Waals surface area contributed by atoms with E-state index in [0.29, 0.717) is 0 Å². The van der Waals surface area contributed by atoms with E-state index >= 15 is 0 Å². The van der Waals surface area contributed by atoms with Gasteiger partial charge in [-0.3, -0.25) is 0 Å². The monoisotopic (exact) mass is 90.1 g/mol. The second kappa shape index (κ2) is 2.81. The molecular formula is C6H4Li2. The molecule has 0 aliphatic rings. The topological polar surface area (TPSA) is 0 Å². The van der Waals surface area contributed by atoms with Crippen molar-refractivity contribution < 1.29 is 0 Å². The van der Waals surface area contributed by atoms with Crippen molar-refractivity contribution in [2.75, 3.05) is 0 Å². The van der Waals surface area contributed by atoms with Crippen LogP contribution in [0.15, 0.2) is 24.3 Å². The van der Waals surface area contributed by atoms with Crippen LogP contribution < -0.4 is 8.47 Å². The summed E-state index contributed by atoms with van der Waals surface area (Å²) in [6.45, 7) is 0. The Bertz CT molecular complexity index is 145. The van der Waals surface area contributed by atoms with E-state index in [-0.39, 0.29) is 0 Å². The molecular weight excluding hydrogens is 85.9 g/mol. The van der Waals surface area contributed by atoms with Crippen LogP contribution in [-0.2, 0) is 0 Å². The molecule has 0 aliphatic carbocycles. The molecule has 1 aromatic rings. The van der Waals surface area contributed by atoms with E-state index in [4.69, 9.17) is 0 Å². The van der Waals surface area contributed by atoms with Gasteiger partial charge >= 0.3 is 68.2 Å². The predicted octanol–water partition coefficient (Wildman–Crippen LogP) is -0.726. The van der Waals surface area contributed by atoms with Gasteiger partial charge in [0, 0.05) is 0 Å².